The lowest BCUT2D eigenvalue weighted by Crippen LogP contribution is -2.51. The molecule has 0 bridgehead atoms. The van der Waals surface area contributed by atoms with E-state index in [4.69, 9.17) is 8.94 Å². The molecule has 4 rings (SSSR count). The van der Waals surface area contributed by atoms with E-state index in [9.17, 15) is 0 Å². The van der Waals surface area contributed by atoms with Crippen LogP contribution in [0.1, 0.15) is 43.9 Å². The summed E-state index contributed by atoms with van der Waals surface area (Å²) in [6.45, 7) is 2.10. The molecule has 1 aliphatic heterocycles. The topological polar surface area (TPSA) is 55.3 Å². The van der Waals surface area contributed by atoms with Gasteiger partial charge in [-0.2, -0.15) is 4.98 Å². The van der Waals surface area contributed by atoms with Crippen molar-refractivity contribution in [1.82, 2.24) is 15.0 Å². The van der Waals surface area contributed by atoms with Gasteiger partial charge in [-0.1, -0.05) is 24.4 Å². The lowest BCUT2D eigenvalue weighted by Gasteiger charge is -2.44. The van der Waals surface area contributed by atoms with Crippen molar-refractivity contribution >= 4 is 15.9 Å². The second-order valence-corrected chi connectivity index (χ2v) is 6.78. The van der Waals surface area contributed by atoms with Gasteiger partial charge in [-0.15, -0.1) is 0 Å². The van der Waals surface area contributed by atoms with Crippen molar-refractivity contribution in [3.63, 3.8) is 0 Å². The van der Waals surface area contributed by atoms with Crippen LogP contribution in [-0.4, -0.2) is 34.2 Å². The molecule has 2 aromatic rings. The summed E-state index contributed by atoms with van der Waals surface area (Å²) < 4.78 is 11.5. The minimum absolute atomic E-state index is 0.381. The summed E-state index contributed by atoms with van der Waals surface area (Å²) in [4.78, 5) is 7.04. The number of furan rings is 1. The van der Waals surface area contributed by atoms with Crippen LogP contribution in [0.5, 0.6) is 0 Å². The molecule has 2 fully saturated rings. The molecule has 2 aliphatic rings. The number of likely N-dealkylation sites (tertiary alicyclic amines) is 1. The Morgan fingerprint density at radius 3 is 2.67 bits per heavy atom. The quantitative estimate of drug-likeness (QED) is 0.841. The predicted molar refractivity (Wildman–Crippen MR) is 80.9 cm³/mol. The first-order valence-electron chi connectivity index (χ1n) is 7.63. The number of halogens is 1. The van der Waals surface area contributed by atoms with E-state index < -0.39 is 0 Å². The molecule has 5 nitrogen and oxygen atoms in total. The summed E-state index contributed by atoms with van der Waals surface area (Å²) in [5.74, 6) is 2.29. The molecule has 21 heavy (non-hydrogen) atoms. The monoisotopic (exact) mass is 351 g/mol. The van der Waals surface area contributed by atoms with E-state index in [0.29, 0.717) is 22.2 Å². The molecule has 0 aromatic carbocycles. The van der Waals surface area contributed by atoms with Gasteiger partial charge in [0.2, 0.25) is 11.7 Å². The van der Waals surface area contributed by atoms with Crippen molar-refractivity contribution in [3.8, 4) is 11.6 Å². The average molecular weight is 352 g/mol. The first-order chi connectivity index (χ1) is 10.3. The first kappa shape index (κ1) is 13.5. The van der Waals surface area contributed by atoms with Crippen LogP contribution in [0.3, 0.4) is 0 Å². The number of rotatable bonds is 3. The van der Waals surface area contributed by atoms with E-state index in [1.165, 1.54) is 32.1 Å². The van der Waals surface area contributed by atoms with E-state index in [0.717, 1.165) is 25.0 Å². The second kappa shape index (κ2) is 5.57. The molecule has 2 aromatic heterocycles. The molecule has 0 unspecified atom stereocenters. The van der Waals surface area contributed by atoms with Crippen LogP contribution in [0.25, 0.3) is 11.6 Å². The summed E-state index contributed by atoms with van der Waals surface area (Å²) in [6, 6.07) is 4.45. The van der Waals surface area contributed by atoms with Crippen molar-refractivity contribution in [3.05, 3.63) is 22.7 Å². The number of aromatic nitrogens is 2. The molecule has 0 amide bonds. The fourth-order valence-electron chi connectivity index (χ4n) is 3.35. The van der Waals surface area contributed by atoms with E-state index in [1.807, 2.05) is 12.1 Å². The third-order valence-electron chi connectivity index (χ3n) is 4.59. The maximum absolute atomic E-state index is 5.45. The van der Waals surface area contributed by atoms with Crippen LogP contribution < -0.4 is 0 Å². The Kier molecular flexibility index (Phi) is 3.59. The molecule has 0 radical (unpaired) electrons. The van der Waals surface area contributed by atoms with Crippen LogP contribution in [0.4, 0.5) is 0 Å². The molecule has 1 saturated heterocycles. The fourth-order valence-corrected chi connectivity index (χ4v) is 3.66. The molecule has 0 spiro atoms. The summed E-state index contributed by atoms with van der Waals surface area (Å²) in [5.41, 5.74) is 0. The Bertz CT molecular complexity index is 612. The maximum Gasteiger partial charge on any atom is 0.238 e. The summed E-state index contributed by atoms with van der Waals surface area (Å²) in [6.07, 6.45) is 6.86. The van der Waals surface area contributed by atoms with E-state index in [2.05, 4.69) is 31.0 Å². The smallest absolute Gasteiger partial charge is 0.238 e. The highest BCUT2D eigenvalue weighted by molar-refractivity contribution is 9.10. The van der Waals surface area contributed by atoms with Crippen molar-refractivity contribution in [2.24, 2.45) is 0 Å². The number of hydrogen-bond donors (Lipinski definition) is 0. The lowest BCUT2D eigenvalue weighted by atomic mass is 9.89. The Labute approximate surface area is 131 Å². The summed E-state index contributed by atoms with van der Waals surface area (Å²) in [7, 11) is 0. The van der Waals surface area contributed by atoms with Crippen LogP contribution in [0.15, 0.2) is 25.7 Å². The van der Waals surface area contributed by atoms with Gasteiger partial charge in [0, 0.05) is 19.1 Å². The van der Waals surface area contributed by atoms with Gasteiger partial charge in [0.15, 0.2) is 10.4 Å². The Morgan fingerprint density at radius 1 is 1.14 bits per heavy atom. The minimum Gasteiger partial charge on any atom is -0.446 e. The van der Waals surface area contributed by atoms with Gasteiger partial charge >= 0.3 is 0 Å². The highest BCUT2D eigenvalue weighted by Gasteiger charge is 2.37. The number of nitrogens with zero attached hydrogens (tertiary/aromatic N) is 3. The van der Waals surface area contributed by atoms with Crippen LogP contribution in [-0.2, 0) is 0 Å². The SMILES string of the molecule is Brc1ccc(-c2noc(C3CN(C4CCCCC4)C3)n2)o1. The Morgan fingerprint density at radius 2 is 1.95 bits per heavy atom. The van der Waals surface area contributed by atoms with Crippen LogP contribution in [0, 0.1) is 0 Å². The fraction of sp³-hybridized carbons (Fsp3) is 0.600. The normalized spacial score (nSPS) is 21.6. The molecule has 1 saturated carbocycles. The van der Waals surface area contributed by atoms with Crippen molar-refractivity contribution in [2.75, 3.05) is 13.1 Å². The minimum atomic E-state index is 0.381. The van der Waals surface area contributed by atoms with E-state index >= 15 is 0 Å². The Hall–Kier alpha value is -1.14. The first-order valence-corrected chi connectivity index (χ1v) is 8.42. The highest BCUT2D eigenvalue weighted by Crippen LogP contribution is 2.33. The summed E-state index contributed by atoms with van der Waals surface area (Å²) in [5, 5.41) is 4.02. The van der Waals surface area contributed by atoms with Crippen molar-refractivity contribution in [2.45, 2.75) is 44.1 Å². The van der Waals surface area contributed by atoms with Gasteiger partial charge in [0.05, 0.1) is 5.92 Å². The zero-order chi connectivity index (χ0) is 14.2. The molecular weight excluding hydrogens is 334 g/mol. The standard InChI is InChI=1S/C15H18BrN3O2/c16-13-7-6-12(20-13)14-17-15(21-18-14)10-8-19(9-10)11-4-2-1-3-5-11/h6-7,10-11H,1-5,8-9H2. The van der Waals surface area contributed by atoms with Gasteiger partial charge < -0.3 is 8.94 Å². The second-order valence-electron chi connectivity index (χ2n) is 6.00. The number of hydrogen-bond acceptors (Lipinski definition) is 5. The molecule has 1 aliphatic carbocycles. The molecular formula is C15H18BrN3O2. The zero-order valence-corrected chi connectivity index (χ0v) is 13.4. The van der Waals surface area contributed by atoms with Gasteiger partial charge in [-0.25, -0.2) is 0 Å². The lowest BCUT2D eigenvalue weighted by molar-refractivity contribution is 0.0563. The largest absolute Gasteiger partial charge is 0.446 e. The average Bonchev–Trinajstić information content (AvgIpc) is 3.07. The Balaban J connectivity index is 1.39. The zero-order valence-electron chi connectivity index (χ0n) is 11.8. The molecule has 0 atom stereocenters. The van der Waals surface area contributed by atoms with E-state index in [1.54, 1.807) is 0 Å². The molecule has 112 valence electrons. The third kappa shape index (κ3) is 2.66. The highest BCUT2D eigenvalue weighted by atomic mass is 79.9. The predicted octanol–water partition coefficient (Wildman–Crippen LogP) is 3.82. The summed E-state index contributed by atoms with van der Waals surface area (Å²) >= 11 is 3.28. The maximum atomic E-state index is 5.45. The van der Waals surface area contributed by atoms with Crippen LogP contribution in [0.2, 0.25) is 0 Å². The molecule has 3 heterocycles. The molecule has 6 heteroatoms. The van der Waals surface area contributed by atoms with Crippen molar-refractivity contribution in [1.29, 1.82) is 0 Å². The van der Waals surface area contributed by atoms with E-state index in [-0.39, 0.29) is 0 Å². The van der Waals surface area contributed by atoms with Gasteiger partial charge in [-0.05, 0) is 40.9 Å². The van der Waals surface area contributed by atoms with Gasteiger partial charge in [0.25, 0.3) is 0 Å². The van der Waals surface area contributed by atoms with Crippen molar-refractivity contribution < 1.29 is 8.94 Å². The molecule has 0 N–H and O–H groups in total. The van der Waals surface area contributed by atoms with Gasteiger partial charge in [0.1, 0.15) is 0 Å². The third-order valence-corrected chi connectivity index (χ3v) is 5.01. The van der Waals surface area contributed by atoms with Gasteiger partial charge in [-0.3, -0.25) is 4.90 Å². The van der Waals surface area contributed by atoms with Crippen LogP contribution >= 0.6 is 15.9 Å².